The minimum Gasteiger partial charge on any atom is -0.481 e. The Morgan fingerprint density at radius 3 is 2.61 bits per heavy atom. The SMILES string of the molecule is O=C(O)CCC(Cc1ccccc1)NCc1cccc(Cl)c1F. The fourth-order valence-electron chi connectivity index (χ4n) is 2.41. The van der Waals surface area contributed by atoms with Crippen molar-refractivity contribution in [2.75, 3.05) is 0 Å². The lowest BCUT2D eigenvalue weighted by Gasteiger charge is -2.19. The second-order valence-electron chi connectivity index (χ2n) is 5.41. The van der Waals surface area contributed by atoms with Crippen LogP contribution in [-0.2, 0) is 17.8 Å². The molecule has 0 aromatic heterocycles. The van der Waals surface area contributed by atoms with Gasteiger partial charge in [-0.25, -0.2) is 4.39 Å². The molecule has 0 saturated carbocycles. The van der Waals surface area contributed by atoms with Gasteiger partial charge in [-0.3, -0.25) is 4.79 Å². The number of carboxylic acids is 1. The molecule has 2 aromatic carbocycles. The highest BCUT2D eigenvalue weighted by molar-refractivity contribution is 6.30. The van der Waals surface area contributed by atoms with Gasteiger partial charge in [0.2, 0.25) is 0 Å². The van der Waals surface area contributed by atoms with Gasteiger partial charge in [0.25, 0.3) is 0 Å². The lowest BCUT2D eigenvalue weighted by molar-refractivity contribution is -0.137. The molecule has 0 fully saturated rings. The van der Waals surface area contributed by atoms with Crippen molar-refractivity contribution in [3.05, 3.63) is 70.5 Å². The molecule has 23 heavy (non-hydrogen) atoms. The molecule has 0 saturated heterocycles. The van der Waals surface area contributed by atoms with E-state index < -0.39 is 11.8 Å². The third-order valence-corrected chi connectivity index (χ3v) is 3.94. The van der Waals surface area contributed by atoms with Crippen LogP contribution >= 0.6 is 11.6 Å². The standard InChI is InChI=1S/C18H19ClFNO2/c19-16-8-4-7-14(18(16)20)12-21-15(9-10-17(22)23)11-13-5-2-1-3-6-13/h1-8,15,21H,9-12H2,(H,22,23). The number of hydrogen-bond acceptors (Lipinski definition) is 2. The molecular weight excluding hydrogens is 317 g/mol. The van der Waals surface area contributed by atoms with E-state index >= 15 is 0 Å². The van der Waals surface area contributed by atoms with Crippen LogP contribution in [0.3, 0.4) is 0 Å². The summed E-state index contributed by atoms with van der Waals surface area (Å²) in [6, 6.07) is 14.6. The lowest BCUT2D eigenvalue weighted by Crippen LogP contribution is -2.31. The van der Waals surface area contributed by atoms with Crippen molar-refractivity contribution in [1.82, 2.24) is 5.32 Å². The van der Waals surface area contributed by atoms with Crippen LogP contribution in [0.4, 0.5) is 4.39 Å². The summed E-state index contributed by atoms with van der Waals surface area (Å²) in [4.78, 5) is 10.8. The van der Waals surface area contributed by atoms with E-state index in [1.807, 2.05) is 30.3 Å². The first-order chi connectivity index (χ1) is 11.1. The largest absolute Gasteiger partial charge is 0.481 e. The molecule has 0 bridgehead atoms. The van der Waals surface area contributed by atoms with Gasteiger partial charge in [0, 0.05) is 24.6 Å². The van der Waals surface area contributed by atoms with E-state index in [1.165, 1.54) is 6.07 Å². The van der Waals surface area contributed by atoms with Crippen LogP contribution in [-0.4, -0.2) is 17.1 Å². The Hall–Kier alpha value is -1.91. The maximum absolute atomic E-state index is 13.9. The summed E-state index contributed by atoms with van der Waals surface area (Å²) < 4.78 is 13.9. The van der Waals surface area contributed by atoms with Crippen molar-refractivity contribution in [3.63, 3.8) is 0 Å². The van der Waals surface area contributed by atoms with Gasteiger partial charge in [-0.05, 0) is 24.5 Å². The Labute approximate surface area is 140 Å². The molecule has 3 nitrogen and oxygen atoms in total. The molecule has 0 spiro atoms. The Morgan fingerprint density at radius 2 is 1.91 bits per heavy atom. The topological polar surface area (TPSA) is 49.3 Å². The first-order valence-electron chi connectivity index (χ1n) is 7.48. The summed E-state index contributed by atoms with van der Waals surface area (Å²) in [6.07, 6.45) is 1.24. The van der Waals surface area contributed by atoms with Crippen LogP contribution < -0.4 is 5.32 Å². The summed E-state index contributed by atoms with van der Waals surface area (Å²) in [7, 11) is 0. The van der Waals surface area contributed by atoms with E-state index in [4.69, 9.17) is 16.7 Å². The van der Waals surface area contributed by atoms with E-state index in [0.29, 0.717) is 24.9 Å². The highest BCUT2D eigenvalue weighted by Gasteiger charge is 2.13. The molecule has 0 aliphatic heterocycles. The summed E-state index contributed by atoms with van der Waals surface area (Å²) in [6.45, 7) is 0.309. The smallest absolute Gasteiger partial charge is 0.303 e. The van der Waals surface area contributed by atoms with Crippen LogP contribution in [0.25, 0.3) is 0 Å². The van der Waals surface area contributed by atoms with Crippen molar-refractivity contribution in [2.24, 2.45) is 0 Å². The fourth-order valence-corrected chi connectivity index (χ4v) is 2.61. The molecule has 0 amide bonds. The van der Waals surface area contributed by atoms with Gasteiger partial charge in [0.15, 0.2) is 0 Å². The number of hydrogen-bond donors (Lipinski definition) is 2. The summed E-state index contributed by atoms with van der Waals surface area (Å²) in [5.41, 5.74) is 1.59. The van der Waals surface area contributed by atoms with Crippen LogP contribution in [0.2, 0.25) is 5.02 Å². The number of carbonyl (C=O) groups is 1. The van der Waals surface area contributed by atoms with E-state index in [2.05, 4.69) is 5.32 Å². The molecule has 2 rings (SSSR count). The monoisotopic (exact) mass is 335 g/mol. The minimum absolute atomic E-state index is 0.0492. The molecule has 1 unspecified atom stereocenters. The predicted molar refractivity (Wildman–Crippen MR) is 89.1 cm³/mol. The zero-order valence-electron chi connectivity index (χ0n) is 12.6. The number of benzene rings is 2. The van der Waals surface area contributed by atoms with Crippen molar-refractivity contribution in [2.45, 2.75) is 31.8 Å². The quantitative estimate of drug-likeness (QED) is 0.765. The Kier molecular flexibility index (Phi) is 6.56. The maximum Gasteiger partial charge on any atom is 0.303 e. The Morgan fingerprint density at radius 1 is 1.17 bits per heavy atom. The summed E-state index contributed by atoms with van der Waals surface area (Å²) in [5.74, 6) is -1.27. The van der Waals surface area contributed by atoms with Crippen molar-refractivity contribution in [1.29, 1.82) is 0 Å². The van der Waals surface area contributed by atoms with Crippen molar-refractivity contribution >= 4 is 17.6 Å². The van der Waals surface area contributed by atoms with Gasteiger partial charge in [0.05, 0.1) is 5.02 Å². The van der Waals surface area contributed by atoms with Crippen LogP contribution in [0, 0.1) is 5.82 Å². The van der Waals surface area contributed by atoms with Crippen LogP contribution in [0.5, 0.6) is 0 Å². The van der Waals surface area contributed by atoms with Gasteiger partial charge >= 0.3 is 5.97 Å². The molecular formula is C18H19ClFNO2. The van der Waals surface area contributed by atoms with Gasteiger partial charge in [-0.15, -0.1) is 0 Å². The average Bonchev–Trinajstić information content (AvgIpc) is 2.54. The van der Waals surface area contributed by atoms with Gasteiger partial charge < -0.3 is 10.4 Å². The highest BCUT2D eigenvalue weighted by atomic mass is 35.5. The van der Waals surface area contributed by atoms with E-state index in [9.17, 15) is 9.18 Å². The van der Waals surface area contributed by atoms with Crippen LogP contribution in [0.15, 0.2) is 48.5 Å². The molecule has 2 aromatic rings. The number of nitrogens with one attached hydrogen (secondary N) is 1. The minimum atomic E-state index is -0.834. The molecule has 2 N–H and O–H groups in total. The molecule has 5 heteroatoms. The molecule has 1 atom stereocenters. The Balaban J connectivity index is 2.01. The van der Waals surface area contributed by atoms with Crippen molar-refractivity contribution in [3.8, 4) is 0 Å². The highest BCUT2D eigenvalue weighted by Crippen LogP contribution is 2.18. The fraction of sp³-hybridized carbons (Fsp3) is 0.278. The zero-order chi connectivity index (χ0) is 16.7. The average molecular weight is 336 g/mol. The Bertz CT molecular complexity index is 649. The predicted octanol–water partition coefficient (Wildman–Crippen LogP) is 4.04. The van der Waals surface area contributed by atoms with Gasteiger partial charge in [-0.1, -0.05) is 54.1 Å². The molecule has 0 radical (unpaired) electrons. The van der Waals surface area contributed by atoms with E-state index in [0.717, 1.165) is 5.56 Å². The second kappa shape index (κ2) is 8.65. The number of aliphatic carboxylic acids is 1. The first-order valence-corrected chi connectivity index (χ1v) is 7.86. The third kappa shape index (κ3) is 5.66. The molecule has 0 aliphatic carbocycles. The zero-order valence-corrected chi connectivity index (χ0v) is 13.4. The van der Waals surface area contributed by atoms with E-state index in [-0.39, 0.29) is 17.5 Å². The summed E-state index contributed by atoms with van der Waals surface area (Å²) >= 11 is 5.78. The van der Waals surface area contributed by atoms with E-state index in [1.54, 1.807) is 12.1 Å². The lowest BCUT2D eigenvalue weighted by atomic mass is 10.0. The third-order valence-electron chi connectivity index (χ3n) is 3.64. The maximum atomic E-state index is 13.9. The normalized spacial score (nSPS) is 12.1. The molecule has 0 heterocycles. The van der Waals surface area contributed by atoms with Gasteiger partial charge in [0.1, 0.15) is 5.82 Å². The molecule has 0 aliphatic rings. The molecule has 122 valence electrons. The van der Waals surface area contributed by atoms with Crippen molar-refractivity contribution < 1.29 is 14.3 Å². The summed E-state index contributed by atoms with van der Waals surface area (Å²) in [5, 5.41) is 12.2. The number of carboxylic acid groups (broad SMARTS) is 1. The number of rotatable bonds is 8. The van der Waals surface area contributed by atoms with Crippen LogP contribution in [0.1, 0.15) is 24.0 Å². The first kappa shape index (κ1) is 17.4. The number of halogens is 2. The van der Waals surface area contributed by atoms with Gasteiger partial charge in [-0.2, -0.15) is 0 Å². The second-order valence-corrected chi connectivity index (χ2v) is 5.82.